The highest BCUT2D eigenvalue weighted by atomic mass is 35.5. The van der Waals surface area contributed by atoms with E-state index in [2.05, 4.69) is 5.10 Å². The number of carbonyl (C=O) groups excluding carboxylic acids is 1. The Kier molecular flexibility index (Phi) is 6.18. The zero-order valence-electron chi connectivity index (χ0n) is 16.4. The number of carbonyl (C=O) groups is 1. The third-order valence-corrected chi connectivity index (χ3v) is 6.31. The lowest BCUT2D eigenvalue weighted by atomic mass is 9.95. The lowest BCUT2D eigenvalue weighted by molar-refractivity contribution is -0.124. The SMILES string of the molecule is CCS(=O)(=O)N(C(=O)C(C)(C)C)c1cc(-n2nc(Cl)n(C)c2=O)c(Cl)cc1C#N. The van der Waals surface area contributed by atoms with E-state index < -0.39 is 27.0 Å². The van der Waals surface area contributed by atoms with Crippen LogP contribution in [0.15, 0.2) is 16.9 Å². The van der Waals surface area contributed by atoms with Crippen LogP contribution in [0.4, 0.5) is 5.69 Å². The van der Waals surface area contributed by atoms with Crippen LogP contribution < -0.4 is 9.99 Å². The third kappa shape index (κ3) is 4.17. The molecule has 1 aromatic carbocycles. The van der Waals surface area contributed by atoms with Crippen molar-refractivity contribution in [1.29, 1.82) is 5.26 Å². The normalized spacial score (nSPS) is 11.9. The number of hydrogen-bond acceptors (Lipinski definition) is 6. The minimum atomic E-state index is -4.10. The van der Waals surface area contributed by atoms with Crippen LogP contribution in [0.1, 0.15) is 33.3 Å². The highest BCUT2D eigenvalue weighted by molar-refractivity contribution is 7.93. The average molecular weight is 460 g/mol. The zero-order chi connectivity index (χ0) is 22.3. The summed E-state index contributed by atoms with van der Waals surface area (Å²) in [7, 11) is -2.71. The second-order valence-electron chi connectivity index (χ2n) is 7.18. The number of aromatic nitrogens is 3. The smallest absolute Gasteiger partial charge is 0.273 e. The average Bonchev–Trinajstić information content (AvgIpc) is 2.89. The largest absolute Gasteiger partial charge is 0.351 e. The molecule has 29 heavy (non-hydrogen) atoms. The second-order valence-corrected chi connectivity index (χ2v) is 10.0. The van der Waals surface area contributed by atoms with Crippen LogP contribution >= 0.6 is 23.2 Å². The molecule has 156 valence electrons. The molecule has 0 saturated carbocycles. The molecule has 9 nitrogen and oxygen atoms in total. The van der Waals surface area contributed by atoms with E-state index in [0.717, 1.165) is 9.25 Å². The second kappa shape index (κ2) is 7.82. The number of sulfonamides is 1. The first-order chi connectivity index (χ1) is 13.3. The van der Waals surface area contributed by atoms with Gasteiger partial charge in [-0.25, -0.2) is 17.5 Å². The molecule has 1 aromatic heterocycles. The van der Waals surface area contributed by atoms with Crippen LogP contribution in [0.2, 0.25) is 10.3 Å². The van der Waals surface area contributed by atoms with Gasteiger partial charge in [-0.3, -0.25) is 9.36 Å². The standard InChI is InChI=1S/C17H19Cl2N5O4S/c1-6-29(27,28)24(14(25)17(2,3)4)12-8-13(11(18)7-10(12)9-20)23-16(26)22(5)15(19)21-23/h7-8H,6H2,1-5H3. The molecule has 0 atom stereocenters. The van der Waals surface area contributed by atoms with E-state index in [4.69, 9.17) is 23.2 Å². The summed E-state index contributed by atoms with van der Waals surface area (Å²) in [4.78, 5) is 25.4. The van der Waals surface area contributed by atoms with E-state index >= 15 is 0 Å². The fourth-order valence-corrected chi connectivity index (χ4v) is 3.99. The topological polar surface area (TPSA) is 118 Å². The summed E-state index contributed by atoms with van der Waals surface area (Å²) in [5.41, 5.74) is -2.10. The van der Waals surface area contributed by atoms with E-state index in [1.807, 2.05) is 6.07 Å². The van der Waals surface area contributed by atoms with Crippen LogP contribution in [0, 0.1) is 16.7 Å². The molecule has 0 aliphatic rings. The molecule has 2 aromatic rings. The third-order valence-electron chi connectivity index (χ3n) is 4.03. The van der Waals surface area contributed by atoms with E-state index in [1.54, 1.807) is 20.8 Å². The van der Waals surface area contributed by atoms with Crippen LogP contribution in [0.25, 0.3) is 5.69 Å². The Hall–Kier alpha value is -2.35. The van der Waals surface area contributed by atoms with Crippen LogP contribution in [-0.2, 0) is 21.9 Å². The van der Waals surface area contributed by atoms with Gasteiger partial charge in [-0.15, -0.1) is 5.10 Å². The molecule has 0 N–H and O–H groups in total. The highest BCUT2D eigenvalue weighted by Crippen LogP contribution is 2.34. The van der Waals surface area contributed by atoms with Crippen molar-refractivity contribution in [2.75, 3.05) is 10.1 Å². The van der Waals surface area contributed by atoms with Gasteiger partial charge in [0.1, 0.15) is 6.07 Å². The monoisotopic (exact) mass is 459 g/mol. The summed E-state index contributed by atoms with van der Waals surface area (Å²) in [6.07, 6.45) is 0. The lowest BCUT2D eigenvalue weighted by Gasteiger charge is -2.29. The number of nitrogens with zero attached hydrogens (tertiary/aromatic N) is 5. The molecule has 12 heteroatoms. The van der Waals surface area contributed by atoms with Crippen molar-refractivity contribution < 1.29 is 13.2 Å². The Labute approximate surface area is 178 Å². The molecule has 1 amide bonds. The van der Waals surface area contributed by atoms with E-state index in [-0.39, 0.29) is 33.0 Å². The van der Waals surface area contributed by atoms with Gasteiger partial charge in [0.25, 0.3) is 0 Å². The van der Waals surface area contributed by atoms with Crippen LogP contribution in [-0.4, -0.2) is 34.4 Å². The number of hydrogen-bond donors (Lipinski definition) is 0. The number of anilines is 1. The Morgan fingerprint density at radius 1 is 1.31 bits per heavy atom. The van der Waals surface area contributed by atoms with Gasteiger partial charge in [0.15, 0.2) is 0 Å². The maximum absolute atomic E-state index is 13.0. The first kappa shape index (κ1) is 22.9. The zero-order valence-corrected chi connectivity index (χ0v) is 18.7. The van der Waals surface area contributed by atoms with E-state index in [0.29, 0.717) is 4.31 Å². The number of amides is 1. The minimum Gasteiger partial charge on any atom is -0.273 e. The van der Waals surface area contributed by atoms with Crippen LogP contribution in [0.5, 0.6) is 0 Å². The Bertz CT molecular complexity index is 1190. The molecular formula is C17H19Cl2N5O4S. The van der Waals surface area contributed by atoms with Gasteiger partial charge in [0.2, 0.25) is 21.2 Å². The Balaban J connectivity index is 2.91. The van der Waals surface area contributed by atoms with Gasteiger partial charge in [0.05, 0.1) is 27.7 Å². The van der Waals surface area contributed by atoms with Gasteiger partial charge in [-0.05, 0) is 30.7 Å². The predicted octanol–water partition coefficient (Wildman–Crippen LogP) is 2.48. The molecule has 0 aliphatic heterocycles. The number of nitriles is 1. The molecular weight excluding hydrogens is 441 g/mol. The van der Waals surface area contributed by atoms with Gasteiger partial charge in [0, 0.05) is 12.5 Å². The van der Waals surface area contributed by atoms with Gasteiger partial charge in [-0.2, -0.15) is 9.94 Å². The lowest BCUT2D eigenvalue weighted by Crippen LogP contribution is -2.44. The van der Waals surface area contributed by atoms with Crippen molar-refractivity contribution in [3.05, 3.63) is 38.5 Å². The molecule has 2 rings (SSSR count). The van der Waals surface area contributed by atoms with Gasteiger partial charge < -0.3 is 0 Å². The molecule has 0 saturated heterocycles. The Morgan fingerprint density at radius 2 is 1.90 bits per heavy atom. The van der Waals surface area contributed by atoms with Crippen molar-refractivity contribution in [3.63, 3.8) is 0 Å². The minimum absolute atomic E-state index is 0.0221. The Morgan fingerprint density at radius 3 is 2.31 bits per heavy atom. The molecule has 0 unspecified atom stereocenters. The summed E-state index contributed by atoms with van der Waals surface area (Å²) < 4.78 is 28.0. The van der Waals surface area contributed by atoms with Crippen molar-refractivity contribution in [3.8, 4) is 11.8 Å². The number of benzene rings is 1. The van der Waals surface area contributed by atoms with Crippen molar-refractivity contribution in [2.45, 2.75) is 27.7 Å². The van der Waals surface area contributed by atoms with Crippen molar-refractivity contribution >= 4 is 44.8 Å². The summed E-state index contributed by atoms with van der Waals surface area (Å²) >= 11 is 12.1. The summed E-state index contributed by atoms with van der Waals surface area (Å²) in [6.45, 7) is 6.04. The first-order valence-corrected chi connectivity index (χ1v) is 10.8. The van der Waals surface area contributed by atoms with Crippen molar-refractivity contribution in [2.24, 2.45) is 12.5 Å². The van der Waals surface area contributed by atoms with E-state index in [1.165, 1.54) is 26.1 Å². The maximum Gasteiger partial charge on any atom is 0.351 e. The van der Waals surface area contributed by atoms with Crippen LogP contribution in [0.3, 0.4) is 0 Å². The fraction of sp³-hybridized carbons (Fsp3) is 0.412. The molecule has 0 spiro atoms. The van der Waals surface area contributed by atoms with Gasteiger partial charge >= 0.3 is 5.69 Å². The molecule has 0 aliphatic carbocycles. The quantitative estimate of drug-likeness (QED) is 0.692. The fourth-order valence-electron chi connectivity index (χ4n) is 2.36. The maximum atomic E-state index is 13.0. The van der Waals surface area contributed by atoms with E-state index in [9.17, 15) is 23.3 Å². The molecule has 0 radical (unpaired) electrons. The predicted molar refractivity (Wildman–Crippen MR) is 110 cm³/mol. The molecule has 1 heterocycles. The summed E-state index contributed by atoms with van der Waals surface area (Å²) in [5, 5.41) is 13.2. The first-order valence-electron chi connectivity index (χ1n) is 8.39. The summed E-state index contributed by atoms with van der Waals surface area (Å²) in [6, 6.07) is 4.19. The number of rotatable bonds is 4. The van der Waals surface area contributed by atoms with Gasteiger partial charge in [-0.1, -0.05) is 32.4 Å². The number of halogens is 2. The van der Waals surface area contributed by atoms with Crippen molar-refractivity contribution in [1.82, 2.24) is 14.3 Å². The molecule has 0 bridgehead atoms. The molecule has 0 fully saturated rings. The summed E-state index contributed by atoms with van der Waals surface area (Å²) in [5.74, 6) is -1.12. The highest BCUT2D eigenvalue weighted by Gasteiger charge is 2.37.